The summed E-state index contributed by atoms with van der Waals surface area (Å²) in [6, 6.07) is 12.6. The first-order chi connectivity index (χ1) is 16.9. The standard InChI is InChI=1S/C26H30FN5O3/c1-17(2)24(29-23(33)16-35-19-9-5-3-6-10-19)26(34)28-21-15-18(12-13-20(21)27)25-31-30-22-11-7-4-8-14-32(22)25/h3,5-6,9-10,12-13,15,17,24H,4,7-8,11,14,16H2,1-2H3,(H,28,34)(H,29,33). The summed E-state index contributed by atoms with van der Waals surface area (Å²) in [5.41, 5.74) is 0.697. The lowest BCUT2D eigenvalue weighted by Gasteiger charge is -2.22. The molecule has 3 aromatic rings. The van der Waals surface area contributed by atoms with Gasteiger partial charge in [-0.15, -0.1) is 10.2 Å². The van der Waals surface area contributed by atoms with Crippen molar-refractivity contribution in [1.82, 2.24) is 20.1 Å². The highest BCUT2D eigenvalue weighted by Crippen LogP contribution is 2.27. The Kier molecular flexibility index (Phi) is 7.74. The lowest BCUT2D eigenvalue weighted by atomic mass is 10.0. The topological polar surface area (TPSA) is 98.1 Å². The molecule has 0 radical (unpaired) electrons. The average Bonchev–Trinajstić information content (AvgIpc) is 3.10. The molecule has 1 aliphatic heterocycles. The van der Waals surface area contributed by atoms with Crippen LogP contribution in [0, 0.1) is 11.7 Å². The Morgan fingerprint density at radius 1 is 1.09 bits per heavy atom. The molecule has 4 rings (SSSR count). The van der Waals surface area contributed by atoms with Crippen LogP contribution in [0.3, 0.4) is 0 Å². The largest absolute Gasteiger partial charge is 0.484 e. The first-order valence-corrected chi connectivity index (χ1v) is 11.9. The third kappa shape index (κ3) is 6.03. The molecule has 184 valence electrons. The molecule has 2 heterocycles. The average molecular weight is 480 g/mol. The molecular weight excluding hydrogens is 449 g/mol. The number of carbonyl (C=O) groups excluding carboxylic acids is 2. The van der Waals surface area contributed by atoms with Crippen molar-refractivity contribution in [2.24, 2.45) is 5.92 Å². The van der Waals surface area contributed by atoms with E-state index in [-0.39, 0.29) is 18.2 Å². The Morgan fingerprint density at radius 3 is 2.66 bits per heavy atom. The predicted octanol–water partition coefficient (Wildman–Crippen LogP) is 3.97. The van der Waals surface area contributed by atoms with E-state index in [1.165, 1.54) is 6.07 Å². The fourth-order valence-corrected chi connectivity index (χ4v) is 4.08. The van der Waals surface area contributed by atoms with Gasteiger partial charge in [-0.2, -0.15) is 0 Å². The second kappa shape index (κ2) is 11.1. The monoisotopic (exact) mass is 479 g/mol. The van der Waals surface area contributed by atoms with Crippen LogP contribution < -0.4 is 15.4 Å². The summed E-state index contributed by atoms with van der Waals surface area (Å²) in [7, 11) is 0. The van der Waals surface area contributed by atoms with Crippen molar-refractivity contribution in [2.75, 3.05) is 11.9 Å². The molecule has 2 N–H and O–H groups in total. The molecule has 2 aromatic carbocycles. The first-order valence-electron chi connectivity index (χ1n) is 11.9. The predicted molar refractivity (Wildman–Crippen MR) is 130 cm³/mol. The maximum atomic E-state index is 14.6. The molecule has 0 aliphatic carbocycles. The van der Waals surface area contributed by atoms with Crippen LogP contribution in [0.5, 0.6) is 5.75 Å². The number of nitrogens with zero attached hydrogens (tertiary/aromatic N) is 3. The van der Waals surface area contributed by atoms with Crippen LogP contribution in [0.1, 0.15) is 38.9 Å². The fourth-order valence-electron chi connectivity index (χ4n) is 4.08. The van der Waals surface area contributed by atoms with E-state index in [0.717, 1.165) is 38.1 Å². The number of nitrogens with one attached hydrogen (secondary N) is 2. The van der Waals surface area contributed by atoms with E-state index in [1.807, 2.05) is 6.07 Å². The van der Waals surface area contributed by atoms with E-state index < -0.39 is 23.7 Å². The number of benzene rings is 2. The number of aryl methyl sites for hydroxylation is 1. The molecule has 1 atom stereocenters. The van der Waals surface area contributed by atoms with Crippen molar-refractivity contribution < 1.29 is 18.7 Å². The van der Waals surface area contributed by atoms with Gasteiger partial charge in [0.2, 0.25) is 5.91 Å². The van der Waals surface area contributed by atoms with E-state index in [1.54, 1.807) is 50.2 Å². The first kappa shape index (κ1) is 24.4. The highest BCUT2D eigenvalue weighted by atomic mass is 19.1. The van der Waals surface area contributed by atoms with E-state index in [9.17, 15) is 14.0 Å². The minimum Gasteiger partial charge on any atom is -0.484 e. The summed E-state index contributed by atoms with van der Waals surface area (Å²) in [5.74, 6) is 0.385. The van der Waals surface area contributed by atoms with Gasteiger partial charge in [0.1, 0.15) is 23.4 Å². The van der Waals surface area contributed by atoms with Gasteiger partial charge in [-0.3, -0.25) is 9.59 Å². The van der Waals surface area contributed by atoms with Crippen LogP contribution in [0.25, 0.3) is 11.4 Å². The van der Waals surface area contributed by atoms with Crippen molar-refractivity contribution in [1.29, 1.82) is 0 Å². The summed E-state index contributed by atoms with van der Waals surface area (Å²) in [6.07, 6.45) is 4.10. The van der Waals surface area contributed by atoms with Crippen molar-refractivity contribution in [2.45, 2.75) is 52.1 Å². The molecule has 1 unspecified atom stereocenters. The molecule has 2 amide bonds. The van der Waals surface area contributed by atoms with Crippen LogP contribution in [-0.2, 0) is 22.6 Å². The zero-order valence-electron chi connectivity index (χ0n) is 20.0. The van der Waals surface area contributed by atoms with Crippen molar-refractivity contribution in [3.63, 3.8) is 0 Å². The Hall–Kier alpha value is -3.75. The Morgan fingerprint density at radius 2 is 1.89 bits per heavy atom. The summed E-state index contributed by atoms with van der Waals surface area (Å²) in [6.45, 7) is 4.19. The van der Waals surface area contributed by atoms with Crippen LogP contribution in [0.15, 0.2) is 48.5 Å². The number of hydrogen-bond acceptors (Lipinski definition) is 5. The highest BCUT2D eigenvalue weighted by molar-refractivity contribution is 5.98. The molecule has 35 heavy (non-hydrogen) atoms. The number of anilines is 1. The SMILES string of the molecule is CC(C)C(NC(=O)COc1ccccc1)C(=O)Nc1cc(-c2nnc3n2CCCCC3)ccc1F. The van der Waals surface area contributed by atoms with Crippen LogP contribution in [0.4, 0.5) is 10.1 Å². The summed E-state index contributed by atoms with van der Waals surface area (Å²) in [4.78, 5) is 25.4. The number of rotatable bonds is 8. The van der Waals surface area contributed by atoms with Crippen molar-refractivity contribution >= 4 is 17.5 Å². The smallest absolute Gasteiger partial charge is 0.258 e. The number of amides is 2. The Bertz CT molecular complexity index is 1180. The number of carbonyl (C=O) groups is 2. The van der Waals surface area contributed by atoms with Gasteiger partial charge >= 0.3 is 0 Å². The number of para-hydroxylation sites is 1. The van der Waals surface area contributed by atoms with Crippen molar-refractivity contribution in [3.05, 3.63) is 60.2 Å². The Balaban J connectivity index is 1.45. The van der Waals surface area contributed by atoms with E-state index in [4.69, 9.17) is 4.74 Å². The molecule has 0 spiro atoms. The molecule has 0 saturated heterocycles. The van der Waals surface area contributed by atoms with E-state index in [0.29, 0.717) is 17.1 Å². The molecule has 0 fully saturated rings. The quantitative estimate of drug-likeness (QED) is 0.510. The van der Waals surface area contributed by atoms with Gasteiger partial charge in [0.05, 0.1) is 5.69 Å². The van der Waals surface area contributed by atoms with Crippen LogP contribution in [0.2, 0.25) is 0 Å². The molecule has 8 nitrogen and oxygen atoms in total. The van der Waals surface area contributed by atoms with Gasteiger partial charge in [-0.25, -0.2) is 4.39 Å². The molecule has 0 saturated carbocycles. The number of ether oxygens (including phenoxy) is 1. The van der Waals surface area contributed by atoms with Gasteiger partial charge in [-0.05, 0) is 49.1 Å². The van der Waals surface area contributed by atoms with Crippen molar-refractivity contribution in [3.8, 4) is 17.1 Å². The van der Waals surface area contributed by atoms with Gasteiger partial charge in [0.15, 0.2) is 12.4 Å². The number of aromatic nitrogens is 3. The lowest BCUT2D eigenvalue weighted by molar-refractivity contribution is -0.128. The number of halogens is 1. The minimum absolute atomic E-state index is 0.0268. The maximum Gasteiger partial charge on any atom is 0.258 e. The number of fused-ring (bicyclic) bond motifs is 1. The molecule has 1 aromatic heterocycles. The van der Waals surface area contributed by atoms with Gasteiger partial charge < -0.3 is 19.9 Å². The lowest BCUT2D eigenvalue weighted by Crippen LogP contribution is -2.48. The van der Waals surface area contributed by atoms with E-state index >= 15 is 0 Å². The van der Waals surface area contributed by atoms with E-state index in [2.05, 4.69) is 25.4 Å². The third-order valence-electron chi connectivity index (χ3n) is 5.97. The second-order valence-corrected chi connectivity index (χ2v) is 8.98. The fraction of sp³-hybridized carbons (Fsp3) is 0.385. The van der Waals surface area contributed by atoms with Crippen LogP contribution in [-0.4, -0.2) is 39.2 Å². The summed E-state index contributed by atoms with van der Waals surface area (Å²) in [5, 5.41) is 13.9. The molecular formula is C26H30FN5O3. The summed E-state index contributed by atoms with van der Waals surface area (Å²) < 4.78 is 22.2. The Labute approximate surface area is 203 Å². The molecule has 0 bridgehead atoms. The van der Waals surface area contributed by atoms with Crippen LogP contribution >= 0.6 is 0 Å². The minimum atomic E-state index is -0.866. The molecule has 1 aliphatic rings. The maximum absolute atomic E-state index is 14.6. The summed E-state index contributed by atoms with van der Waals surface area (Å²) >= 11 is 0. The third-order valence-corrected chi connectivity index (χ3v) is 5.97. The normalized spacial score (nSPS) is 14.1. The van der Waals surface area contributed by atoms with Gasteiger partial charge in [0, 0.05) is 18.5 Å². The molecule has 9 heteroatoms. The van der Waals surface area contributed by atoms with Gasteiger partial charge in [0.25, 0.3) is 5.91 Å². The van der Waals surface area contributed by atoms with Gasteiger partial charge in [-0.1, -0.05) is 38.5 Å². The highest BCUT2D eigenvalue weighted by Gasteiger charge is 2.26. The number of hydrogen-bond donors (Lipinski definition) is 2. The zero-order chi connectivity index (χ0) is 24.8. The second-order valence-electron chi connectivity index (χ2n) is 8.98. The zero-order valence-corrected chi connectivity index (χ0v) is 20.0.